The number of ether oxygens (including phenoxy) is 3. The molecule has 0 spiro atoms. The smallest absolute Gasteiger partial charge is 0.320 e. The molecular formula is C13H14ClN3O4. The highest BCUT2D eigenvalue weighted by Gasteiger charge is 2.42. The van der Waals surface area contributed by atoms with Gasteiger partial charge in [0.05, 0.1) is 18.5 Å². The van der Waals surface area contributed by atoms with Crippen LogP contribution >= 0.6 is 11.6 Å². The first kappa shape index (κ1) is 14.2. The van der Waals surface area contributed by atoms with E-state index in [0.29, 0.717) is 11.3 Å². The molecule has 1 atom stereocenters. The summed E-state index contributed by atoms with van der Waals surface area (Å²) in [6.45, 7) is 3.75. The van der Waals surface area contributed by atoms with Gasteiger partial charge >= 0.3 is 5.97 Å². The summed E-state index contributed by atoms with van der Waals surface area (Å²) < 4.78 is 17.6. The van der Waals surface area contributed by atoms with Crippen molar-refractivity contribution in [1.82, 2.24) is 14.6 Å². The molecule has 1 unspecified atom stereocenters. The fourth-order valence-electron chi connectivity index (χ4n) is 2.27. The van der Waals surface area contributed by atoms with Crippen molar-refractivity contribution < 1.29 is 19.0 Å². The minimum Gasteiger partial charge on any atom is -0.465 e. The summed E-state index contributed by atoms with van der Waals surface area (Å²) in [4.78, 5) is 16.4. The van der Waals surface area contributed by atoms with Crippen LogP contribution < -0.4 is 0 Å². The highest BCUT2D eigenvalue weighted by atomic mass is 35.5. The van der Waals surface area contributed by atoms with Gasteiger partial charge in [0.25, 0.3) is 0 Å². The van der Waals surface area contributed by atoms with Gasteiger partial charge in [-0.2, -0.15) is 5.10 Å². The molecule has 8 heteroatoms. The summed E-state index contributed by atoms with van der Waals surface area (Å²) in [5.41, 5.74) is 1.06. The normalized spacial score (nSPS) is 22.8. The summed E-state index contributed by atoms with van der Waals surface area (Å²) in [5, 5.41) is 4.42. The van der Waals surface area contributed by atoms with Crippen LogP contribution in [0.2, 0.25) is 5.15 Å². The molecule has 0 aromatic carbocycles. The third-order valence-electron chi connectivity index (χ3n) is 3.14. The van der Waals surface area contributed by atoms with E-state index in [1.807, 2.05) is 0 Å². The molecule has 0 radical (unpaired) electrons. The Labute approximate surface area is 125 Å². The molecule has 3 heterocycles. The number of nitrogens with zero attached hydrogens (tertiary/aromatic N) is 3. The lowest BCUT2D eigenvalue weighted by Gasteiger charge is -2.37. The monoisotopic (exact) mass is 311 g/mol. The van der Waals surface area contributed by atoms with E-state index in [1.165, 1.54) is 4.52 Å². The van der Waals surface area contributed by atoms with Crippen molar-refractivity contribution in [3.63, 3.8) is 0 Å². The lowest BCUT2D eigenvalue weighted by Crippen LogP contribution is -2.46. The number of hydrogen-bond donors (Lipinski definition) is 0. The van der Waals surface area contributed by atoms with Gasteiger partial charge in [0.15, 0.2) is 24.1 Å². The van der Waals surface area contributed by atoms with E-state index in [-0.39, 0.29) is 18.1 Å². The Kier molecular flexibility index (Phi) is 3.79. The van der Waals surface area contributed by atoms with Crippen LogP contribution in [0, 0.1) is 0 Å². The van der Waals surface area contributed by atoms with Crippen molar-refractivity contribution in [2.45, 2.75) is 32.3 Å². The number of carbonyl (C=O) groups excluding carboxylic acids is 1. The maximum atomic E-state index is 12.3. The van der Waals surface area contributed by atoms with Crippen LogP contribution in [0.3, 0.4) is 0 Å². The Bertz CT molecular complexity index is 668. The van der Waals surface area contributed by atoms with Gasteiger partial charge in [-0.25, -0.2) is 9.50 Å². The molecule has 3 rings (SSSR count). The molecule has 0 bridgehead atoms. The molecule has 1 aliphatic rings. The zero-order chi connectivity index (χ0) is 15.0. The van der Waals surface area contributed by atoms with Gasteiger partial charge in [-0.15, -0.1) is 0 Å². The van der Waals surface area contributed by atoms with Crippen LogP contribution in [0.15, 0.2) is 18.3 Å². The first-order valence-electron chi connectivity index (χ1n) is 6.58. The van der Waals surface area contributed by atoms with Gasteiger partial charge in [-0.1, -0.05) is 11.6 Å². The second-order valence-electron chi connectivity index (χ2n) is 4.54. The average Bonchev–Trinajstić information content (AvgIpc) is 2.85. The van der Waals surface area contributed by atoms with Crippen molar-refractivity contribution in [2.24, 2.45) is 0 Å². The minimum atomic E-state index is -0.774. The molecule has 0 amide bonds. The predicted octanol–water partition coefficient (Wildman–Crippen LogP) is 1.75. The standard InChI is InChI=1S/C13H14ClN3O4/c1-3-19-12(18)11(13-20-7(2)21-13)8-6-9(14)16-10-4-5-15-17(8)10/h4-7,11,13H,3H2,1-2H3. The van der Waals surface area contributed by atoms with Crippen molar-refractivity contribution >= 4 is 23.2 Å². The van der Waals surface area contributed by atoms with Gasteiger partial charge < -0.3 is 14.2 Å². The van der Waals surface area contributed by atoms with Crippen molar-refractivity contribution in [3.8, 4) is 0 Å². The van der Waals surface area contributed by atoms with Gasteiger partial charge in [0, 0.05) is 6.07 Å². The Morgan fingerprint density at radius 3 is 3.00 bits per heavy atom. The second kappa shape index (κ2) is 5.59. The van der Waals surface area contributed by atoms with Crippen LogP contribution in [0.4, 0.5) is 0 Å². The van der Waals surface area contributed by atoms with E-state index >= 15 is 0 Å². The molecule has 1 aliphatic heterocycles. The third kappa shape index (κ3) is 2.59. The molecule has 0 saturated carbocycles. The van der Waals surface area contributed by atoms with Gasteiger partial charge in [-0.05, 0) is 19.9 Å². The second-order valence-corrected chi connectivity index (χ2v) is 4.93. The Hall–Kier alpha value is -1.70. The van der Waals surface area contributed by atoms with Crippen LogP contribution in [0.25, 0.3) is 5.65 Å². The first-order chi connectivity index (χ1) is 10.1. The largest absolute Gasteiger partial charge is 0.465 e. The average molecular weight is 312 g/mol. The van der Waals surface area contributed by atoms with Crippen molar-refractivity contribution in [3.05, 3.63) is 29.2 Å². The zero-order valence-corrected chi connectivity index (χ0v) is 12.3. The quantitative estimate of drug-likeness (QED) is 0.632. The molecule has 2 aromatic rings. The lowest BCUT2D eigenvalue weighted by molar-refractivity contribution is -0.380. The van der Waals surface area contributed by atoms with E-state index in [0.717, 1.165) is 0 Å². The van der Waals surface area contributed by atoms with Gasteiger partial charge in [0.1, 0.15) is 5.15 Å². The molecule has 112 valence electrons. The van der Waals surface area contributed by atoms with E-state index in [9.17, 15) is 4.79 Å². The highest BCUT2D eigenvalue weighted by molar-refractivity contribution is 6.29. The van der Waals surface area contributed by atoms with E-state index in [2.05, 4.69) is 10.1 Å². The number of rotatable bonds is 4. The number of fused-ring (bicyclic) bond motifs is 1. The highest BCUT2D eigenvalue weighted by Crippen LogP contribution is 2.33. The van der Waals surface area contributed by atoms with E-state index in [4.69, 9.17) is 25.8 Å². The van der Waals surface area contributed by atoms with Crippen LogP contribution in [0.1, 0.15) is 25.5 Å². The Balaban J connectivity index is 2.05. The van der Waals surface area contributed by atoms with Crippen LogP contribution in [0.5, 0.6) is 0 Å². The third-order valence-corrected chi connectivity index (χ3v) is 3.33. The first-order valence-corrected chi connectivity index (χ1v) is 6.95. The predicted molar refractivity (Wildman–Crippen MR) is 72.8 cm³/mol. The summed E-state index contributed by atoms with van der Waals surface area (Å²) in [7, 11) is 0. The lowest BCUT2D eigenvalue weighted by atomic mass is 10.0. The van der Waals surface area contributed by atoms with Gasteiger partial charge in [0.2, 0.25) is 0 Å². The Morgan fingerprint density at radius 1 is 1.57 bits per heavy atom. The minimum absolute atomic E-state index is 0.263. The summed E-state index contributed by atoms with van der Waals surface area (Å²) in [5.74, 6) is -1.22. The van der Waals surface area contributed by atoms with Crippen molar-refractivity contribution in [2.75, 3.05) is 6.61 Å². The molecule has 0 aliphatic carbocycles. The summed E-state index contributed by atoms with van der Waals surface area (Å²) in [6.07, 6.45) is 0.512. The molecule has 0 N–H and O–H groups in total. The van der Waals surface area contributed by atoms with Crippen LogP contribution in [-0.4, -0.2) is 39.8 Å². The number of halogens is 1. The van der Waals surface area contributed by atoms with E-state index in [1.54, 1.807) is 32.2 Å². The SMILES string of the molecule is CCOC(=O)C(c1cc(Cl)nc2ccnn12)C1OC(C)O1. The van der Waals surface area contributed by atoms with E-state index < -0.39 is 18.2 Å². The van der Waals surface area contributed by atoms with Crippen molar-refractivity contribution in [1.29, 1.82) is 0 Å². The molecule has 21 heavy (non-hydrogen) atoms. The topological polar surface area (TPSA) is 75.0 Å². The molecule has 2 aromatic heterocycles. The molecule has 7 nitrogen and oxygen atoms in total. The zero-order valence-electron chi connectivity index (χ0n) is 11.5. The van der Waals surface area contributed by atoms with Gasteiger partial charge in [-0.3, -0.25) is 4.79 Å². The molecular weight excluding hydrogens is 298 g/mol. The number of esters is 1. The number of hydrogen-bond acceptors (Lipinski definition) is 6. The fourth-order valence-corrected chi connectivity index (χ4v) is 2.47. The maximum absolute atomic E-state index is 12.3. The van der Waals surface area contributed by atoms with Crippen LogP contribution in [-0.2, 0) is 19.0 Å². The molecule has 1 fully saturated rings. The Morgan fingerprint density at radius 2 is 2.33 bits per heavy atom. The number of carbonyl (C=O) groups is 1. The maximum Gasteiger partial charge on any atom is 0.320 e. The number of aromatic nitrogens is 3. The molecule has 1 saturated heterocycles. The fraction of sp³-hybridized carbons (Fsp3) is 0.462. The summed E-state index contributed by atoms with van der Waals surface area (Å²) >= 11 is 6.02. The summed E-state index contributed by atoms with van der Waals surface area (Å²) in [6, 6.07) is 3.27.